The van der Waals surface area contributed by atoms with Gasteiger partial charge in [0.15, 0.2) is 0 Å². The van der Waals surface area contributed by atoms with Crippen molar-refractivity contribution in [3.63, 3.8) is 0 Å². The highest BCUT2D eigenvalue weighted by Crippen LogP contribution is 2.52. The van der Waals surface area contributed by atoms with Crippen molar-refractivity contribution in [2.24, 2.45) is 11.8 Å². The molecule has 30 heavy (non-hydrogen) atoms. The highest BCUT2D eigenvalue weighted by atomic mass is 16.4. The van der Waals surface area contributed by atoms with Gasteiger partial charge in [0.2, 0.25) is 5.91 Å². The van der Waals surface area contributed by atoms with E-state index >= 15 is 0 Å². The molecule has 0 saturated carbocycles. The zero-order valence-corrected chi connectivity index (χ0v) is 17.0. The fourth-order valence-electron chi connectivity index (χ4n) is 4.90. The molecule has 0 aliphatic carbocycles. The fourth-order valence-corrected chi connectivity index (χ4v) is 4.90. The van der Waals surface area contributed by atoms with Crippen LogP contribution in [0.4, 0.5) is 10.5 Å². The van der Waals surface area contributed by atoms with E-state index in [-0.39, 0.29) is 23.6 Å². The molecule has 0 aromatic heterocycles. The molecule has 3 heterocycles. The largest absolute Gasteiger partial charge is 0.477 e. The van der Waals surface area contributed by atoms with Crippen LogP contribution in [0.25, 0.3) is 5.57 Å². The SMILES string of the molecule is C=CCC1C(c2ccc(N3CCN(C)C3=O)cc2)=C(C(=O)O)N2C(=O)[C@H]([C@@H](C)O)[C@@H]12. The van der Waals surface area contributed by atoms with Gasteiger partial charge in [0, 0.05) is 31.7 Å². The van der Waals surface area contributed by atoms with E-state index in [0.29, 0.717) is 30.6 Å². The first-order valence-electron chi connectivity index (χ1n) is 10.0. The normalized spacial score (nSPS) is 26.8. The number of fused-ring (bicyclic) bond motifs is 1. The summed E-state index contributed by atoms with van der Waals surface area (Å²) in [7, 11) is 1.75. The lowest BCUT2D eigenvalue weighted by molar-refractivity contribution is -0.163. The van der Waals surface area contributed by atoms with Gasteiger partial charge in [0.25, 0.3) is 0 Å². The minimum Gasteiger partial charge on any atom is -0.477 e. The lowest BCUT2D eigenvalue weighted by Gasteiger charge is -2.47. The molecule has 1 unspecified atom stereocenters. The van der Waals surface area contributed by atoms with Crippen LogP contribution in [-0.2, 0) is 9.59 Å². The van der Waals surface area contributed by atoms with Crippen molar-refractivity contribution in [3.05, 3.63) is 48.2 Å². The minimum atomic E-state index is -1.17. The Labute approximate surface area is 174 Å². The number of benzene rings is 1. The van der Waals surface area contributed by atoms with Crippen molar-refractivity contribution in [3.8, 4) is 0 Å². The highest BCUT2D eigenvalue weighted by molar-refractivity contribution is 6.07. The molecule has 2 N–H and O–H groups in total. The van der Waals surface area contributed by atoms with E-state index in [2.05, 4.69) is 6.58 Å². The number of nitrogens with zero attached hydrogens (tertiary/aromatic N) is 3. The van der Waals surface area contributed by atoms with E-state index in [1.807, 2.05) is 0 Å². The van der Waals surface area contributed by atoms with Gasteiger partial charge in [-0.1, -0.05) is 18.2 Å². The van der Waals surface area contributed by atoms with Crippen molar-refractivity contribution in [2.75, 3.05) is 25.0 Å². The van der Waals surface area contributed by atoms with Gasteiger partial charge in [-0.2, -0.15) is 0 Å². The predicted octanol–water partition coefficient (Wildman–Crippen LogP) is 1.77. The van der Waals surface area contributed by atoms with Gasteiger partial charge in [-0.05, 0) is 36.6 Å². The monoisotopic (exact) mass is 411 g/mol. The van der Waals surface area contributed by atoms with Gasteiger partial charge in [-0.15, -0.1) is 6.58 Å². The van der Waals surface area contributed by atoms with Crippen LogP contribution < -0.4 is 4.90 Å². The Kier molecular flexibility index (Phi) is 4.89. The summed E-state index contributed by atoms with van der Waals surface area (Å²) >= 11 is 0. The Balaban J connectivity index is 1.74. The average molecular weight is 411 g/mol. The van der Waals surface area contributed by atoms with Gasteiger partial charge in [0.1, 0.15) is 5.70 Å². The number of β-lactam (4-membered cyclic amide) rings is 1. The number of hydrogen-bond donors (Lipinski definition) is 2. The van der Waals surface area contributed by atoms with Crippen LogP contribution in [0, 0.1) is 11.8 Å². The number of anilines is 1. The van der Waals surface area contributed by atoms with Gasteiger partial charge in [-0.3, -0.25) is 9.69 Å². The molecule has 1 aromatic rings. The Morgan fingerprint density at radius 2 is 1.93 bits per heavy atom. The summed E-state index contributed by atoms with van der Waals surface area (Å²) < 4.78 is 0. The Bertz CT molecular complexity index is 952. The molecule has 3 aliphatic rings. The molecule has 3 aliphatic heterocycles. The second kappa shape index (κ2) is 7.28. The van der Waals surface area contributed by atoms with Crippen LogP contribution in [0.3, 0.4) is 0 Å². The first-order chi connectivity index (χ1) is 14.3. The molecule has 0 radical (unpaired) electrons. The number of carbonyl (C=O) groups is 3. The van der Waals surface area contributed by atoms with E-state index in [1.165, 1.54) is 4.90 Å². The molecule has 3 amide bonds. The number of likely N-dealkylation sites (N-methyl/N-ethyl adjacent to an activating group) is 1. The van der Waals surface area contributed by atoms with Crippen LogP contribution in [-0.4, -0.2) is 70.2 Å². The number of amides is 3. The van der Waals surface area contributed by atoms with Crippen molar-refractivity contribution in [1.82, 2.24) is 9.80 Å². The second-order valence-corrected chi connectivity index (χ2v) is 8.07. The number of carboxylic acid groups (broad SMARTS) is 1. The molecule has 2 saturated heterocycles. The molecule has 1 aromatic carbocycles. The summed E-state index contributed by atoms with van der Waals surface area (Å²) in [5.41, 5.74) is 1.97. The third kappa shape index (κ3) is 2.82. The summed E-state index contributed by atoms with van der Waals surface area (Å²) in [6, 6.07) is 6.71. The molecule has 158 valence electrons. The summed E-state index contributed by atoms with van der Waals surface area (Å²) in [6.07, 6.45) is 1.34. The molecule has 4 rings (SSSR count). The van der Waals surface area contributed by atoms with E-state index < -0.39 is 24.0 Å². The molecule has 8 nitrogen and oxygen atoms in total. The summed E-state index contributed by atoms with van der Waals surface area (Å²) in [5, 5.41) is 20.0. The average Bonchev–Trinajstić information content (AvgIpc) is 3.17. The van der Waals surface area contributed by atoms with Crippen molar-refractivity contribution >= 4 is 29.2 Å². The molecule has 2 fully saturated rings. The number of aliphatic carboxylic acids is 1. The van der Waals surface area contributed by atoms with E-state index in [0.717, 1.165) is 5.69 Å². The van der Waals surface area contributed by atoms with Crippen molar-refractivity contribution in [1.29, 1.82) is 0 Å². The molecule has 0 spiro atoms. The van der Waals surface area contributed by atoms with E-state index in [9.17, 15) is 24.6 Å². The van der Waals surface area contributed by atoms with Crippen LogP contribution >= 0.6 is 0 Å². The van der Waals surface area contributed by atoms with Gasteiger partial charge >= 0.3 is 12.0 Å². The van der Waals surface area contributed by atoms with Crippen molar-refractivity contribution < 1.29 is 24.6 Å². The van der Waals surface area contributed by atoms with Crippen molar-refractivity contribution in [2.45, 2.75) is 25.5 Å². The van der Waals surface area contributed by atoms with E-state index in [4.69, 9.17) is 0 Å². The van der Waals surface area contributed by atoms with Crippen LogP contribution in [0.1, 0.15) is 18.9 Å². The lowest BCUT2D eigenvalue weighted by atomic mass is 9.74. The molecular formula is C22H25N3O5. The number of carbonyl (C=O) groups excluding carboxylic acids is 2. The zero-order valence-electron chi connectivity index (χ0n) is 17.0. The standard InChI is InChI=1S/C22H25N3O5/c1-4-5-15-17(19(21(28)29)25-18(15)16(12(2)26)20(25)27)13-6-8-14(9-7-13)24-11-10-23(3)22(24)30/h4,6-9,12,15-16,18,26H,1,5,10-11H2,2-3H3,(H,28,29)/t12-,15?,16-,18-/m1/s1. The lowest BCUT2D eigenvalue weighted by Crippen LogP contribution is -2.63. The number of allylic oxidation sites excluding steroid dienone is 1. The fraction of sp³-hybridized carbons (Fsp3) is 0.409. The number of aliphatic hydroxyl groups is 1. The van der Waals surface area contributed by atoms with E-state index in [1.54, 1.807) is 54.1 Å². The Hall–Kier alpha value is -3.13. The maximum atomic E-state index is 12.6. The topological polar surface area (TPSA) is 101 Å². The molecular weight excluding hydrogens is 386 g/mol. The maximum Gasteiger partial charge on any atom is 0.352 e. The Morgan fingerprint density at radius 1 is 1.27 bits per heavy atom. The van der Waals surface area contributed by atoms with Crippen LogP contribution in [0.5, 0.6) is 0 Å². The first-order valence-corrected chi connectivity index (χ1v) is 10.0. The minimum absolute atomic E-state index is 0.0292. The quantitative estimate of drug-likeness (QED) is 0.549. The zero-order chi connectivity index (χ0) is 21.7. The van der Waals surface area contributed by atoms with Crippen LogP contribution in [0.2, 0.25) is 0 Å². The molecule has 4 atom stereocenters. The van der Waals surface area contributed by atoms with Gasteiger partial charge in [0.05, 0.1) is 18.1 Å². The second-order valence-electron chi connectivity index (χ2n) is 8.07. The first kappa shape index (κ1) is 20.2. The Morgan fingerprint density at radius 3 is 2.43 bits per heavy atom. The number of aliphatic hydroxyl groups excluding tert-OH is 1. The maximum absolute atomic E-state index is 12.6. The third-order valence-corrected chi connectivity index (χ3v) is 6.32. The van der Waals surface area contributed by atoms with Gasteiger partial charge in [-0.25, -0.2) is 9.59 Å². The summed E-state index contributed by atoms with van der Waals surface area (Å²) in [6.45, 7) is 6.59. The number of urea groups is 1. The summed E-state index contributed by atoms with van der Waals surface area (Å²) in [4.78, 5) is 41.6. The van der Waals surface area contributed by atoms with Gasteiger partial charge < -0.3 is 20.0 Å². The number of hydrogen-bond acceptors (Lipinski definition) is 4. The molecule has 0 bridgehead atoms. The summed E-state index contributed by atoms with van der Waals surface area (Å²) in [5.74, 6) is -2.42. The third-order valence-electron chi connectivity index (χ3n) is 6.32. The molecule has 8 heteroatoms. The smallest absolute Gasteiger partial charge is 0.352 e. The highest BCUT2D eigenvalue weighted by Gasteiger charge is 2.60. The number of rotatable bonds is 6. The van der Waals surface area contributed by atoms with Crippen LogP contribution in [0.15, 0.2) is 42.6 Å². The predicted molar refractivity (Wildman–Crippen MR) is 110 cm³/mol. The number of carboxylic acids is 1.